The molecule has 0 unspecified atom stereocenters. The summed E-state index contributed by atoms with van der Waals surface area (Å²) in [6.45, 7) is 9.19. The normalized spacial score (nSPS) is 22.8. The molecule has 1 aliphatic rings. The fraction of sp³-hybridized carbons (Fsp3) is 0.833. The summed E-state index contributed by atoms with van der Waals surface area (Å²) in [5, 5.41) is 0. The molecular weight excluding hydrogens is 254 g/mol. The van der Waals surface area contributed by atoms with Gasteiger partial charge >= 0.3 is 12.1 Å². The lowest BCUT2D eigenvalue weighted by Crippen LogP contribution is -2.51. The van der Waals surface area contributed by atoms with Crippen molar-refractivity contribution < 1.29 is 19.1 Å². The number of carbonyl (C=O) groups excluding carboxylic acids is 2. The number of hydrogen-bond donors (Lipinski definition) is 0. The Hall–Kier alpha value is -0.910. The van der Waals surface area contributed by atoms with Gasteiger partial charge in [0.15, 0.2) is 0 Å². The molecule has 0 aromatic heterocycles. The van der Waals surface area contributed by atoms with Gasteiger partial charge in [-0.05, 0) is 34.6 Å². The molecule has 0 aliphatic carbocycles. The highest BCUT2D eigenvalue weighted by Gasteiger charge is 2.48. The molecule has 0 radical (unpaired) electrons. The van der Waals surface area contributed by atoms with Crippen LogP contribution >= 0.6 is 11.8 Å². The van der Waals surface area contributed by atoms with E-state index in [1.807, 2.05) is 13.8 Å². The zero-order valence-corrected chi connectivity index (χ0v) is 12.6. The first kappa shape index (κ1) is 15.1. The van der Waals surface area contributed by atoms with Crippen molar-refractivity contribution in [2.75, 3.05) is 12.9 Å². The number of esters is 1. The van der Waals surface area contributed by atoms with Gasteiger partial charge in [-0.25, -0.2) is 9.59 Å². The fourth-order valence-corrected chi connectivity index (χ4v) is 2.96. The van der Waals surface area contributed by atoms with E-state index < -0.39 is 28.6 Å². The third kappa shape index (κ3) is 3.31. The Morgan fingerprint density at radius 2 is 1.89 bits per heavy atom. The van der Waals surface area contributed by atoms with Crippen LogP contribution < -0.4 is 0 Å². The van der Waals surface area contributed by atoms with Crippen LogP contribution in [0.2, 0.25) is 0 Å². The molecule has 0 aromatic rings. The van der Waals surface area contributed by atoms with E-state index in [1.54, 1.807) is 20.8 Å². The highest BCUT2D eigenvalue weighted by molar-refractivity contribution is 8.00. The largest absolute Gasteiger partial charge is 0.467 e. The van der Waals surface area contributed by atoms with Crippen LogP contribution in [-0.2, 0) is 14.3 Å². The summed E-state index contributed by atoms with van der Waals surface area (Å²) in [7, 11) is 1.32. The molecule has 104 valence electrons. The Labute approximate surface area is 112 Å². The van der Waals surface area contributed by atoms with Crippen LogP contribution in [0.5, 0.6) is 0 Å². The van der Waals surface area contributed by atoms with E-state index in [-0.39, 0.29) is 0 Å². The lowest BCUT2D eigenvalue weighted by molar-refractivity contribution is -0.146. The van der Waals surface area contributed by atoms with Gasteiger partial charge in [-0.15, -0.1) is 11.8 Å². The Morgan fingerprint density at radius 1 is 1.33 bits per heavy atom. The maximum Gasteiger partial charge on any atom is 0.412 e. The summed E-state index contributed by atoms with van der Waals surface area (Å²) < 4.78 is 10.1. The van der Waals surface area contributed by atoms with Gasteiger partial charge in [-0.3, -0.25) is 4.90 Å². The molecule has 0 bridgehead atoms. The minimum Gasteiger partial charge on any atom is -0.467 e. The summed E-state index contributed by atoms with van der Waals surface area (Å²) in [6.07, 6.45) is -0.479. The van der Waals surface area contributed by atoms with Crippen molar-refractivity contribution in [3.8, 4) is 0 Å². The number of thioether (sulfide) groups is 1. The van der Waals surface area contributed by atoms with E-state index in [2.05, 4.69) is 0 Å². The number of carbonyl (C=O) groups is 2. The van der Waals surface area contributed by atoms with E-state index in [1.165, 1.54) is 23.8 Å². The van der Waals surface area contributed by atoms with Gasteiger partial charge in [0.05, 0.1) is 12.0 Å². The number of ether oxygens (including phenoxy) is 2. The molecule has 1 saturated heterocycles. The maximum atomic E-state index is 12.2. The summed E-state index contributed by atoms with van der Waals surface area (Å²) in [5.74, 6) is 0.123. The summed E-state index contributed by atoms with van der Waals surface area (Å²) in [5.41, 5.74) is -0.582. The first-order valence-corrected chi connectivity index (χ1v) is 6.81. The van der Waals surface area contributed by atoms with E-state index >= 15 is 0 Å². The molecule has 0 N–H and O–H groups in total. The molecule has 0 saturated carbocycles. The molecule has 1 fully saturated rings. The van der Waals surface area contributed by atoms with Crippen molar-refractivity contribution in [3.05, 3.63) is 0 Å². The fourth-order valence-electron chi connectivity index (χ4n) is 1.77. The van der Waals surface area contributed by atoms with Gasteiger partial charge < -0.3 is 9.47 Å². The number of methoxy groups -OCH3 is 1. The zero-order chi connectivity index (χ0) is 14.1. The molecule has 1 aliphatic heterocycles. The van der Waals surface area contributed by atoms with E-state index in [0.717, 1.165) is 0 Å². The molecule has 1 rings (SSSR count). The van der Waals surface area contributed by atoms with Gasteiger partial charge in [0, 0.05) is 5.75 Å². The van der Waals surface area contributed by atoms with Crippen LogP contribution in [0.25, 0.3) is 0 Å². The van der Waals surface area contributed by atoms with E-state index in [9.17, 15) is 9.59 Å². The topological polar surface area (TPSA) is 55.8 Å². The summed E-state index contributed by atoms with van der Waals surface area (Å²) in [4.78, 5) is 24.9. The lowest BCUT2D eigenvalue weighted by Gasteiger charge is -2.34. The van der Waals surface area contributed by atoms with Gasteiger partial charge in [0.2, 0.25) is 0 Å². The molecule has 1 amide bonds. The molecule has 5 nitrogen and oxygen atoms in total. The number of nitrogens with zero attached hydrogens (tertiary/aromatic N) is 1. The molecule has 1 atom stereocenters. The second-order valence-corrected chi connectivity index (χ2v) is 7.27. The number of amides is 1. The van der Waals surface area contributed by atoms with Crippen molar-refractivity contribution >= 4 is 23.8 Å². The van der Waals surface area contributed by atoms with Crippen LogP contribution in [0.1, 0.15) is 34.6 Å². The number of hydrogen-bond acceptors (Lipinski definition) is 5. The van der Waals surface area contributed by atoms with Crippen molar-refractivity contribution in [1.82, 2.24) is 4.90 Å². The molecule has 0 aromatic carbocycles. The van der Waals surface area contributed by atoms with Crippen LogP contribution in [0.4, 0.5) is 4.79 Å². The van der Waals surface area contributed by atoms with Crippen LogP contribution in [0.3, 0.4) is 0 Å². The van der Waals surface area contributed by atoms with Crippen molar-refractivity contribution in [2.24, 2.45) is 0 Å². The minimum atomic E-state index is -0.582. The van der Waals surface area contributed by atoms with Crippen LogP contribution in [-0.4, -0.2) is 46.3 Å². The quantitative estimate of drug-likeness (QED) is 0.687. The van der Waals surface area contributed by atoms with Crippen molar-refractivity contribution in [3.63, 3.8) is 0 Å². The molecule has 6 heteroatoms. The Morgan fingerprint density at radius 3 is 2.33 bits per heavy atom. The van der Waals surface area contributed by atoms with Gasteiger partial charge in [0.1, 0.15) is 11.6 Å². The van der Waals surface area contributed by atoms with Crippen LogP contribution in [0.15, 0.2) is 0 Å². The Bertz CT molecular complexity index is 348. The van der Waals surface area contributed by atoms with E-state index in [0.29, 0.717) is 5.75 Å². The van der Waals surface area contributed by atoms with Crippen LogP contribution in [0, 0.1) is 0 Å². The monoisotopic (exact) mass is 275 g/mol. The SMILES string of the molecule is COC(=O)[C@H]1CSC(C)(C)N1C(=O)OC(C)(C)C. The molecular formula is C12H21NO4S. The highest BCUT2D eigenvalue weighted by atomic mass is 32.2. The predicted molar refractivity (Wildman–Crippen MR) is 70.4 cm³/mol. The first-order chi connectivity index (χ1) is 8.08. The zero-order valence-electron chi connectivity index (χ0n) is 11.8. The third-order valence-electron chi connectivity index (χ3n) is 2.55. The average molecular weight is 275 g/mol. The smallest absolute Gasteiger partial charge is 0.412 e. The Balaban J connectivity index is 2.92. The summed E-state index contributed by atoms with van der Waals surface area (Å²) >= 11 is 1.54. The minimum absolute atomic E-state index is 0.404. The predicted octanol–water partition coefficient (Wildman–Crippen LogP) is 2.25. The van der Waals surface area contributed by atoms with Crippen molar-refractivity contribution in [2.45, 2.75) is 51.1 Å². The standard InChI is InChI=1S/C12H21NO4S/c1-11(2,3)17-10(15)13-8(9(14)16-6)7-18-12(13,4)5/h8H,7H2,1-6H3/t8-/m1/s1. The van der Waals surface area contributed by atoms with Gasteiger partial charge in [0.25, 0.3) is 0 Å². The Kier molecular flexibility index (Phi) is 4.20. The molecule has 1 heterocycles. The molecule has 18 heavy (non-hydrogen) atoms. The van der Waals surface area contributed by atoms with Crippen molar-refractivity contribution in [1.29, 1.82) is 0 Å². The first-order valence-electron chi connectivity index (χ1n) is 5.82. The molecule has 0 spiro atoms. The number of rotatable bonds is 1. The summed E-state index contributed by atoms with van der Waals surface area (Å²) in [6, 6.07) is -0.579. The van der Waals surface area contributed by atoms with Gasteiger partial charge in [-0.1, -0.05) is 0 Å². The second kappa shape index (κ2) is 4.99. The second-order valence-electron chi connectivity index (χ2n) is 5.65. The lowest BCUT2D eigenvalue weighted by atomic mass is 10.2. The maximum absolute atomic E-state index is 12.2. The third-order valence-corrected chi connectivity index (χ3v) is 3.94. The van der Waals surface area contributed by atoms with Gasteiger partial charge in [-0.2, -0.15) is 0 Å². The van der Waals surface area contributed by atoms with E-state index in [4.69, 9.17) is 9.47 Å². The highest BCUT2D eigenvalue weighted by Crippen LogP contribution is 2.40. The average Bonchev–Trinajstić information content (AvgIpc) is 2.50.